The number of oxazole rings is 1. The van der Waals surface area contributed by atoms with E-state index in [1.54, 1.807) is 18.6 Å². The number of hydrogen-bond donors (Lipinski definition) is 1. The molecule has 3 aromatic rings. The standard InChI is InChI=1S/C17H16N6O2/c24-16(22-14-8-17(14)3-4-17)13-10-25-15(21-13)7-11-1-2-12(9-18-11)23-19-5-6-20-23/h1-2,5-6,9-10,14H,3-4,7-8H2,(H,22,24). The summed E-state index contributed by atoms with van der Waals surface area (Å²) in [6.45, 7) is 0. The minimum Gasteiger partial charge on any atom is -0.448 e. The van der Waals surface area contributed by atoms with Crippen LogP contribution in [0.1, 0.15) is 41.3 Å². The maximum absolute atomic E-state index is 12.2. The van der Waals surface area contributed by atoms with Crippen molar-refractivity contribution >= 4 is 5.91 Å². The zero-order chi connectivity index (χ0) is 16.9. The minimum atomic E-state index is -0.156. The lowest BCUT2D eigenvalue weighted by molar-refractivity contribution is 0.0943. The van der Waals surface area contributed by atoms with Crippen LogP contribution in [0.5, 0.6) is 0 Å². The molecule has 1 spiro atoms. The lowest BCUT2D eigenvalue weighted by Gasteiger charge is -2.01. The summed E-state index contributed by atoms with van der Waals surface area (Å²) in [4.78, 5) is 22.3. The molecule has 0 saturated heterocycles. The third-order valence-corrected chi connectivity index (χ3v) is 4.96. The van der Waals surface area contributed by atoms with Gasteiger partial charge in [-0.2, -0.15) is 15.0 Å². The zero-order valence-corrected chi connectivity index (χ0v) is 13.4. The molecule has 2 aliphatic rings. The van der Waals surface area contributed by atoms with Crippen molar-refractivity contribution < 1.29 is 9.21 Å². The van der Waals surface area contributed by atoms with Crippen LogP contribution in [0, 0.1) is 5.41 Å². The molecule has 1 atom stereocenters. The molecule has 1 unspecified atom stereocenters. The number of hydrogen-bond acceptors (Lipinski definition) is 6. The van der Waals surface area contributed by atoms with Crippen LogP contribution in [0.4, 0.5) is 0 Å². The van der Waals surface area contributed by atoms with E-state index in [1.807, 2.05) is 12.1 Å². The predicted molar refractivity (Wildman–Crippen MR) is 86.0 cm³/mol. The Hall–Kier alpha value is -3.03. The predicted octanol–water partition coefficient (Wildman–Crippen LogP) is 1.52. The SMILES string of the molecule is O=C(NC1CC12CC2)c1coc(Cc2ccc(-n3nccn3)cn2)n1. The first kappa shape index (κ1) is 14.3. The minimum absolute atomic E-state index is 0.156. The smallest absolute Gasteiger partial charge is 0.273 e. The lowest BCUT2D eigenvalue weighted by Crippen LogP contribution is -2.27. The number of rotatable bonds is 5. The monoisotopic (exact) mass is 336 g/mol. The number of nitrogens with zero attached hydrogens (tertiary/aromatic N) is 5. The fraction of sp³-hybridized carbons (Fsp3) is 0.353. The number of nitrogens with one attached hydrogen (secondary N) is 1. The van der Waals surface area contributed by atoms with Crippen molar-refractivity contribution in [2.75, 3.05) is 0 Å². The van der Waals surface area contributed by atoms with Crippen LogP contribution in [0.3, 0.4) is 0 Å². The van der Waals surface area contributed by atoms with Gasteiger partial charge in [0.25, 0.3) is 5.91 Å². The average molecular weight is 336 g/mol. The normalized spacial score (nSPS) is 19.8. The maximum Gasteiger partial charge on any atom is 0.273 e. The fourth-order valence-corrected chi connectivity index (χ4v) is 3.14. The van der Waals surface area contributed by atoms with Crippen molar-refractivity contribution in [2.45, 2.75) is 31.7 Å². The summed E-state index contributed by atoms with van der Waals surface area (Å²) >= 11 is 0. The van der Waals surface area contributed by atoms with Crippen LogP contribution in [0.15, 0.2) is 41.4 Å². The van der Waals surface area contributed by atoms with Gasteiger partial charge in [-0.15, -0.1) is 0 Å². The summed E-state index contributed by atoms with van der Waals surface area (Å²) in [6, 6.07) is 4.07. The van der Waals surface area contributed by atoms with Crippen molar-refractivity contribution in [3.63, 3.8) is 0 Å². The van der Waals surface area contributed by atoms with Gasteiger partial charge < -0.3 is 9.73 Å². The molecule has 8 heteroatoms. The van der Waals surface area contributed by atoms with Crippen LogP contribution in [0.25, 0.3) is 5.69 Å². The van der Waals surface area contributed by atoms with Gasteiger partial charge in [0.1, 0.15) is 12.0 Å². The summed E-state index contributed by atoms with van der Waals surface area (Å²) in [5.74, 6) is 0.316. The first-order valence-electron chi connectivity index (χ1n) is 8.29. The first-order valence-corrected chi connectivity index (χ1v) is 8.29. The molecule has 5 rings (SSSR count). The van der Waals surface area contributed by atoms with E-state index in [0.717, 1.165) is 17.8 Å². The van der Waals surface area contributed by atoms with Gasteiger partial charge in [0.15, 0.2) is 5.69 Å². The highest BCUT2D eigenvalue weighted by atomic mass is 16.3. The van der Waals surface area contributed by atoms with Crippen LogP contribution in [-0.4, -0.2) is 36.9 Å². The maximum atomic E-state index is 12.2. The highest BCUT2D eigenvalue weighted by Gasteiger charge is 2.63. The largest absolute Gasteiger partial charge is 0.448 e. The van der Waals surface area contributed by atoms with Gasteiger partial charge in [-0.1, -0.05) is 0 Å². The average Bonchev–Trinajstić information content (AvgIpc) is 3.35. The Balaban J connectivity index is 1.24. The van der Waals surface area contributed by atoms with Crippen molar-refractivity contribution in [2.24, 2.45) is 5.41 Å². The van der Waals surface area contributed by atoms with E-state index in [-0.39, 0.29) is 5.91 Å². The van der Waals surface area contributed by atoms with Crippen LogP contribution in [-0.2, 0) is 6.42 Å². The molecule has 1 N–H and O–H groups in total. The topological polar surface area (TPSA) is 98.7 Å². The highest BCUT2D eigenvalue weighted by molar-refractivity contribution is 5.92. The molecule has 25 heavy (non-hydrogen) atoms. The van der Waals surface area contributed by atoms with E-state index in [1.165, 1.54) is 23.9 Å². The van der Waals surface area contributed by atoms with Gasteiger partial charge in [-0.3, -0.25) is 9.78 Å². The Morgan fingerprint density at radius 2 is 2.16 bits per heavy atom. The molecule has 2 fully saturated rings. The van der Waals surface area contributed by atoms with Crippen molar-refractivity contribution in [3.05, 3.63) is 54.3 Å². The lowest BCUT2D eigenvalue weighted by atomic mass is 10.2. The van der Waals surface area contributed by atoms with Gasteiger partial charge in [0.2, 0.25) is 5.89 Å². The van der Waals surface area contributed by atoms with Crippen LogP contribution in [0.2, 0.25) is 0 Å². The van der Waals surface area contributed by atoms with E-state index < -0.39 is 0 Å². The van der Waals surface area contributed by atoms with Crippen molar-refractivity contribution in [1.29, 1.82) is 0 Å². The molecular weight excluding hydrogens is 320 g/mol. The van der Waals surface area contributed by atoms with Gasteiger partial charge >= 0.3 is 0 Å². The summed E-state index contributed by atoms with van der Waals surface area (Å²) in [5.41, 5.74) is 2.33. The molecule has 0 radical (unpaired) electrons. The number of carbonyl (C=O) groups excluding carboxylic acids is 1. The van der Waals surface area contributed by atoms with Gasteiger partial charge in [-0.25, -0.2) is 4.98 Å². The molecule has 0 aliphatic heterocycles. The van der Waals surface area contributed by atoms with E-state index in [0.29, 0.717) is 29.5 Å². The van der Waals surface area contributed by atoms with Gasteiger partial charge in [0, 0.05) is 11.7 Å². The van der Waals surface area contributed by atoms with Crippen molar-refractivity contribution in [1.82, 2.24) is 30.3 Å². The van der Waals surface area contributed by atoms with Crippen molar-refractivity contribution in [3.8, 4) is 5.69 Å². The Labute approximate surface area is 143 Å². The Morgan fingerprint density at radius 3 is 2.84 bits per heavy atom. The molecular formula is C17H16N6O2. The van der Waals surface area contributed by atoms with E-state index >= 15 is 0 Å². The molecule has 2 aliphatic carbocycles. The summed E-state index contributed by atoms with van der Waals surface area (Å²) in [6.07, 6.45) is 10.3. The van der Waals surface area contributed by atoms with Gasteiger partial charge in [0.05, 0.1) is 25.0 Å². The number of amides is 1. The Morgan fingerprint density at radius 1 is 1.32 bits per heavy atom. The third-order valence-electron chi connectivity index (χ3n) is 4.96. The Kier molecular flexibility index (Phi) is 3.00. The summed E-state index contributed by atoms with van der Waals surface area (Å²) in [5, 5.41) is 11.1. The number of pyridine rings is 1. The summed E-state index contributed by atoms with van der Waals surface area (Å²) in [7, 11) is 0. The molecule has 8 nitrogen and oxygen atoms in total. The molecule has 0 bridgehead atoms. The van der Waals surface area contributed by atoms with E-state index in [9.17, 15) is 4.79 Å². The fourth-order valence-electron chi connectivity index (χ4n) is 3.14. The van der Waals surface area contributed by atoms with Gasteiger partial charge in [-0.05, 0) is 36.8 Å². The second-order valence-electron chi connectivity index (χ2n) is 6.72. The quantitative estimate of drug-likeness (QED) is 0.758. The van der Waals surface area contributed by atoms with Crippen LogP contribution >= 0.6 is 0 Å². The number of aromatic nitrogens is 5. The molecule has 2 saturated carbocycles. The van der Waals surface area contributed by atoms with E-state index in [4.69, 9.17) is 4.42 Å². The molecule has 3 heterocycles. The number of carbonyl (C=O) groups is 1. The molecule has 126 valence electrons. The third kappa shape index (κ3) is 2.69. The summed E-state index contributed by atoms with van der Waals surface area (Å²) < 4.78 is 5.42. The second kappa shape index (κ2) is 5.23. The second-order valence-corrected chi connectivity index (χ2v) is 6.72. The van der Waals surface area contributed by atoms with E-state index in [2.05, 4.69) is 25.5 Å². The zero-order valence-electron chi connectivity index (χ0n) is 13.4. The molecule has 1 amide bonds. The molecule has 3 aromatic heterocycles. The van der Waals surface area contributed by atoms with Crippen LogP contribution < -0.4 is 5.32 Å². The first-order chi connectivity index (χ1) is 12.2. The Bertz CT molecular complexity index is 911. The highest BCUT2D eigenvalue weighted by Crippen LogP contribution is 2.65. The molecule has 0 aromatic carbocycles.